The third-order valence-electron chi connectivity index (χ3n) is 6.02. The Hall–Kier alpha value is -2.90. The fraction of sp³-hybridized carbons (Fsp3) is 0.286. The van der Waals surface area contributed by atoms with Crippen LogP contribution in [0.5, 0.6) is 0 Å². The first-order chi connectivity index (χ1) is 15.4. The second kappa shape index (κ2) is 11.5. The van der Waals surface area contributed by atoms with Gasteiger partial charge in [-0.3, -0.25) is 0 Å². The zero-order valence-corrected chi connectivity index (χ0v) is 18.1. The first kappa shape index (κ1) is 21.3. The highest BCUT2D eigenvalue weighted by Crippen LogP contribution is 2.18. The van der Waals surface area contributed by atoms with Gasteiger partial charge in [-0.15, -0.1) is 0 Å². The molecule has 0 spiro atoms. The Labute approximate surface area is 186 Å². The summed E-state index contributed by atoms with van der Waals surface area (Å²) >= 11 is 0. The van der Waals surface area contributed by atoms with Gasteiger partial charge in [0.05, 0.1) is 6.61 Å². The molecular weight excluding hydrogens is 380 g/mol. The van der Waals surface area contributed by atoms with Crippen LogP contribution in [0.4, 0.5) is 0 Å². The highest BCUT2D eigenvalue weighted by Gasteiger charge is 2.31. The van der Waals surface area contributed by atoms with Crippen molar-refractivity contribution in [3.8, 4) is 11.8 Å². The average molecular weight is 413 g/mol. The summed E-state index contributed by atoms with van der Waals surface area (Å²) in [5.41, 5.74) is 4.01. The van der Waals surface area contributed by atoms with Gasteiger partial charge in [0, 0.05) is 11.1 Å². The Morgan fingerprint density at radius 3 is 1.81 bits per heavy atom. The number of ether oxygens (including phenoxy) is 1. The molecule has 0 radical (unpaired) electrons. The number of rotatable bonds is 7. The number of hydrogen-bond acceptors (Lipinski definition) is 1. The summed E-state index contributed by atoms with van der Waals surface area (Å²) in [6.45, 7) is 6.68. The standard InChI is InChI=1S/C28H30N2O/c1-4-12-25(13-5-1)24-31-23-11-10-18-29-19-21-30(22-20-29)28(26-14-6-2-7-15-26)27-16-8-3-9-17-27/h1-9,12-17,28H,18-24H2/p+2. The molecule has 3 heteroatoms. The molecule has 0 aromatic heterocycles. The molecule has 1 aliphatic heterocycles. The maximum absolute atomic E-state index is 5.67. The minimum atomic E-state index is 0.404. The van der Waals surface area contributed by atoms with E-state index in [0.29, 0.717) is 19.3 Å². The van der Waals surface area contributed by atoms with Crippen molar-refractivity contribution in [2.45, 2.75) is 12.6 Å². The molecular formula is C28H32N2O+2. The second-order valence-corrected chi connectivity index (χ2v) is 8.17. The molecule has 3 aromatic rings. The molecule has 0 aliphatic carbocycles. The highest BCUT2D eigenvalue weighted by molar-refractivity contribution is 5.29. The normalized spacial score (nSPS) is 18.4. The van der Waals surface area contributed by atoms with Crippen molar-refractivity contribution in [3.05, 3.63) is 108 Å². The van der Waals surface area contributed by atoms with Crippen molar-refractivity contribution >= 4 is 0 Å². The van der Waals surface area contributed by atoms with Gasteiger partial charge in [-0.05, 0) is 11.5 Å². The van der Waals surface area contributed by atoms with E-state index in [1.807, 2.05) is 18.2 Å². The lowest BCUT2D eigenvalue weighted by Gasteiger charge is -2.34. The zero-order chi connectivity index (χ0) is 21.1. The number of nitrogens with one attached hydrogen (secondary N) is 2. The van der Waals surface area contributed by atoms with Crippen LogP contribution in [-0.4, -0.2) is 39.3 Å². The molecule has 0 unspecified atom stereocenters. The molecule has 0 bridgehead atoms. The summed E-state index contributed by atoms with van der Waals surface area (Å²) in [6, 6.07) is 32.6. The van der Waals surface area contributed by atoms with Gasteiger partial charge in [0.2, 0.25) is 0 Å². The SMILES string of the molecule is C(#CC[NH+]1CC[NH+](C(c2ccccc2)c2ccccc2)CC1)COCc1ccccc1. The molecule has 3 nitrogen and oxygen atoms in total. The third-order valence-corrected chi connectivity index (χ3v) is 6.02. The van der Waals surface area contributed by atoms with Crippen molar-refractivity contribution in [2.75, 3.05) is 39.3 Å². The van der Waals surface area contributed by atoms with E-state index in [0.717, 1.165) is 32.7 Å². The maximum atomic E-state index is 5.67. The number of hydrogen-bond donors (Lipinski definition) is 2. The van der Waals surface area contributed by atoms with Crippen LogP contribution in [0.2, 0.25) is 0 Å². The minimum absolute atomic E-state index is 0.404. The monoisotopic (exact) mass is 412 g/mol. The highest BCUT2D eigenvalue weighted by atomic mass is 16.5. The summed E-state index contributed by atoms with van der Waals surface area (Å²) in [5.74, 6) is 6.52. The zero-order valence-electron chi connectivity index (χ0n) is 18.1. The van der Waals surface area contributed by atoms with Crippen molar-refractivity contribution in [1.29, 1.82) is 0 Å². The summed E-state index contributed by atoms with van der Waals surface area (Å²) in [7, 11) is 0. The van der Waals surface area contributed by atoms with Crippen LogP contribution in [-0.2, 0) is 11.3 Å². The number of quaternary nitrogens is 2. The smallest absolute Gasteiger partial charge is 0.139 e. The topological polar surface area (TPSA) is 18.1 Å². The van der Waals surface area contributed by atoms with E-state index in [2.05, 4.69) is 84.6 Å². The van der Waals surface area contributed by atoms with Crippen molar-refractivity contribution in [1.82, 2.24) is 0 Å². The maximum Gasteiger partial charge on any atom is 0.139 e. The lowest BCUT2D eigenvalue weighted by Crippen LogP contribution is -3.28. The van der Waals surface area contributed by atoms with Crippen LogP contribution >= 0.6 is 0 Å². The fourth-order valence-corrected chi connectivity index (χ4v) is 4.38. The van der Waals surface area contributed by atoms with Gasteiger partial charge >= 0.3 is 0 Å². The predicted octanol–water partition coefficient (Wildman–Crippen LogP) is 1.78. The molecule has 1 aliphatic rings. The van der Waals surface area contributed by atoms with Crippen LogP contribution in [0, 0.1) is 11.8 Å². The summed E-state index contributed by atoms with van der Waals surface area (Å²) in [5, 5.41) is 0. The first-order valence-corrected chi connectivity index (χ1v) is 11.3. The summed E-state index contributed by atoms with van der Waals surface area (Å²) in [6.07, 6.45) is 0. The van der Waals surface area contributed by atoms with E-state index >= 15 is 0 Å². The molecule has 1 fully saturated rings. The molecule has 0 saturated carbocycles. The largest absolute Gasteiger partial charge is 0.364 e. The van der Waals surface area contributed by atoms with E-state index < -0.39 is 0 Å². The molecule has 1 heterocycles. The molecule has 0 amide bonds. The quantitative estimate of drug-likeness (QED) is 0.447. The van der Waals surface area contributed by atoms with E-state index in [1.54, 1.807) is 9.80 Å². The van der Waals surface area contributed by atoms with Gasteiger partial charge in [-0.1, -0.05) is 96.9 Å². The summed E-state index contributed by atoms with van der Waals surface area (Å²) in [4.78, 5) is 3.24. The third kappa shape index (κ3) is 6.29. The summed E-state index contributed by atoms with van der Waals surface area (Å²) < 4.78 is 5.67. The molecule has 1 saturated heterocycles. The Balaban J connectivity index is 1.27. The Bertz CT molecular complexity index is 916. The molecule has 0 atom stereocenters. The van der Waals surface area contributed by atoms with Gasteiger partial charge in [-0.2, -0.15) is 0 Å². The van der Waals surface area contributed by atoms with Crippen LogP contribution in [0.3, 0.4) is 0 Å². The fourth-order valence-electron chi connectivity index (χ4n) is 4.38. The van der Waals surface area contributed by atoms with Gasteiger partial charge in [0.1, 0.15) is 45.4 Å². The average Bonchev–Trinajstić information content (AvgIpc) is 2.84. The van der Waals surface area contributed by atoms with Crippen molar-refractivity contribution < 1.29 is 14.5 Å². The Kier molecular flexibility index (Phi) is 7.90. The van der Waals surface area contributed by atoms with Crippen molar-refractivity contribution in [2.24, 2.45) is 0 Å². The van der Waals surface area contributed by atoms with E-state index in [9.17, 15) is 0 Å². The Morgan fingerprint density at radius 1 is 0.677 bits per heavy atom. The molecule has 31 heavy (non-hydrogen) atoms. The van der Waals surface area contributed by atoms with Crippen LogP contribution in [0.15, 0.2) is 91.0 Å². The van der Waals surface area contributed by atoms with E-state index in [4.69, 9.17) is 4.74 Å². The molecule has 158 valence electrons. The van der Waals surface area contributed by atoms with Gasteiger partial charge in [-0.25, -0.2) is 0 Å². The molecule has 3 aromatic carbocycles. The van der Waals surface area contributed by atoms with Gasteiger partial charge in [0.25, 0.3) is 0 Å². The van der Waals surface area contributed by atoms with Crippen LogP contribution in [0.1, 0.15) is 22.7 Å². The lowest BCUT2D eigenvalue weighted by molar-refractivity contribution is -1.02. The van der Waals surface area contributed by atoms with E-state index in [1.165, 1.54) is 16.7 Å². The van der Waals surface area contributed by atoms with Crippen LogP contribution < -0.4 is 9.80 Å². The van der Waals surface area contributed by atoms with Crippen LogP contribution in [0.25, 0.3) is 0 Å². The van der Waals surface area contributed by atoms with E-state index in [-0.39, 0.29) is 0 Å². The lowest BCUT2D eigenvalue weighted by atomic mass is 9.96. The number of benzene rings is 3. The molecule has 4 rings (SSSR count). The van der Waals surface area contributed by atoms with Gasteiger partial charge < -0.3 is 14.5 Å². The molecule has 2 N–H and O–H groups in total. The van der Waals surface area contributed by atoms with Gasteiger partial charge in [0.15, 0.2) is 0 Å². The van der Waals surface area contributed by atoms with Crippen molar-refractivity contribution in [3.63, 3.8) is 0 Å². The first-order valence-electron chi connectivity index (χ1n) is 11.3. The second-order valence-electron chi connectivity index (χ2n) is 8.17. The number of piperazine rings is 1. The predicted molar refractivity (Wildman–Crippen MR) is 125 cm³/mol. The Morgan fingerprint density at radius 2 is 1.23 bits per heavy atom. The minimum Gasteiger partial charge on any atom is -0.364 e.